The van der Waals surface area contributed by atoms with E-state index in [1.165, 1.54) is 0 Å². The van der Waals surface area contributed by atoms with Crippen LogP contribution in [-0.4, -0.2) is 21.5 Å². The van der Waals surface area contributed by atoms with E-state index in [1.54, 1.807) is 18.3 Å². The number of aromatic nitrogens is 2. The van der Waals surface area contributed by atoms with Crippen molar-refractivity contribution in [3.05, 3.63) is 42.5 Å². The van der Waals surface area contributed by atoms with Crippen LogP contribution in [0, 0.1) is 5.92 Å². The summed E-state index contributed by atoms with van der Waals surface area (Å²) in [6.07, 6.45) is 4.27. The van der Waals surface area contributed by atoms with Gasteiger partial charge in [-0.1, -0.05) is 13.8 Å². The van der Waals surface area contributed by atoms with Crippen LogP contribution in [0.2, 0.25) is 0 Å². The number of anilines is 1. The summed E-state index contributed by atoms with van der Waals surface area (Å²) in [6.45, 7) is 4.48. The predicted molar refractivity (Wildman–Crippen MR) is 105 cm³/mol. The van der Waals surface area contributed by atoms with Gasteiger partial charge in [0.2, 0.25) is 5.91 Å². The van der Waals surface area contributed by atoms with Crippen molar-refractivity contribution in [3.8, 4) is 5.75 Å². The van der Waals surface area contributed by atoms with Gasteiger partial charge in [-0.2, -0.15) is 0 Å². The number of hydrogen-bond donors (Lipinski definition) is 2. The van der Waals surface area contributed by atoms with Gasteiger partial charge in [-0.15, -0.1) is 24.8 Å². The van der Waals surface area contributed by atoms with Crippen molar-refractivity contribution in [2.75, 3.05) is 5.32 Å². The molecule has 0 spiro atoms. The number of carbonyl (C=O) groups is 1. The summed E-state index contributed by atoms with van der Waals surface area (Å²) in [5, 5.41) is 2.82. The Kier molecular flexibility index (Phi) is 10.2. The molecule has 3 N–H and O–H groups in total. The van der Waals surface area contributed by atoms with Crippen molar-refractivity contribution in [2.45, 2.75) is 32.9 Å². The maximum Gasteiger partial charge on any atom is 0.241 e. The van der Waals surface area contributed by atoms with Crippen LogP contribution in [0.5, 0.6) is 5.75 Å². The van der Waals surface area contributed by atoms with Crippen LogP contribution in [-0.2, 0) is 18.4 Å². The highest BCUT2D eigenvalue weighted by atomic mass is 35.5. The van der Waals surface area contributed by atoms with E-state index in [2.05, 4.69) is 10.3 Å². The number of nitrogens with one attached hydrogen (secondary N) is 1. The largest absolute Gasteiger partial charge is 0.486 e. The average molecular weight is 389 g/mol. The topological polar surface area (TPSA) is 82.2 Å². The number of ether oxygens (including phenoxy) is 1. The molecule has 1 amide bonds. The van der Waals surface area contributed by atoms with Crippen molar-refractivity contribution < 1.29 is 9.53 Å². The molecule has 0 aliphatic rings. The molecule has 25 heavy (non-hydrogen) atoms. The van der Waals surface area contributed by atoms with Crippen molar-refractivity contribution in [1.29, 1.82) is 0 Å². The van der Waals surface area contributed by atoms with E-state index in [0.29, 0.717) is 24.6 Å². The molecule has 6 nitrogen and oxygen atoms in total. The lowest BCUT2D eigenvalue weighted by atomic mass is 10.0. The first-order chi connectivity index (χ1) is 11.0. The molecule has 8 heteroatoms. The van der Waals surface area contributed by atoms with E-state index in [-0.39, 0.29) is 30.7 Å². The molecule has 1 heterocycles. The van der Waals surface area contributed by atoms with E-state index < -0.39 is 6.04 Å². The van der Waals surface area contributed by atoms with Crippen LogP contribution < -0.4 is 15.8 Å². The number of hydrogen-bond acceptors (Lipinski definition) is 4. The maximum absolute atomic E-state index is 12.0. The summed E-state index contributed by atoms with van der Waals surface area (Å²) in [7, 11) is 1.92. The van der Waals surface area contributed by atoms with Crippen molar-refractivity contribution in [3.63, 3.8) is 0 Å². The first-order valence-electron chi connectivity index (χ1n) is 7.71. The molecule has 0 aliphatic carbocycles. The zero-order chi connectivity index (χ0) is 16.8. The van der Waals surface area contributed by atoms with Gasteiger partial charge in [0.1, 0.15) is 18.2 Å². The second-order valence-electron chi connectivity index (χ2n) is 5.99. The summed E-state index contributed by atoms with van der Waals surface area (Å²) >= 11 is 0. The highest BCUT2D eigenvalue weighted by Gasteiger charge is 2.14. The third-order valence-corrected chi connectivity index (χ3v) is 3.47. The standard InChI is InChI=1S/C17H24N4O2.2ClH/c1-12(2)10-15(18)17(22)20-13-4-6-14(7-5-13)23-11-16-19-8-9-21(16)3;;/h4-9,12,15H,10-11,18H2,1-3H3,(H,20,22);2*1H/t15-;;/m0../s1. The molecule has 1 aromatic heterocycles. The summed E-state index contributed by atoms with van der Waals surface area (Å²) < 4.78 is 7.58. The van der Waals surface area contributed by atoms with Crippen molar-refractivity contribution >= 4 is 36.4 Å². The summed E-state index contributed by atoms with van der Waals surface area (Å²) in [4.78, 5) is 16.2. The molecule has 0 saturated heterocycles. The monoisotopic (exact) mass is 388 g/mol. The molecule has 2 rings (SSSR count). The predicted octanol–water partition coefficient (Wildman–Crippen LogP) is 3.15. The fourth-order valence-electron chi connectivity index (χ4n) is 2.17. The number of nitrogens with two attached hydrogens (primary N) is 1. The number of rotatable bonds is 7. The Labute approximate surface area is 161 Å². The van der Waals surface area contributed by atoms with Crippen LogP contribution in [0.4, 0.5) is 5.69 Å². The van der Waals surface area contributed by atoms with E-state index in [9.17, 15) is 4.79 Å². The van der Waals surface area contributed by atoms with E-state index >= 15 is 0 Å². The molecule has 0 aliphatic heterocycles. The third-order valence-electron chi connectivity index (χ3n) is 3.47. The van der Waals surface area contributed by atoms with Crippen LogP contribution in [0.1, 0.15) is 26.1 Å². The Morgan fingerprint density at radius 3 is 2.44 bits per heavy atom. The Balaban J connectivity index is 0.00000288. The molecule has 0 fully saturated rings. The third kappa shape index (κ3) is 7.34. The zero-order valence-electron chi connectivity index (χ0n) is 14.6. The minimum Gasteiger partial charge on any atom is -0.486 e. The van der Waals surface area contributed by atoms with Gasteiger partial charge in [-0.3, -0.25) is 4.79 Å². The highest BCUT2D eigenvalue weighted by molar-refractivity contribution is 5.94. The van der Waals surface area contributed by atoms with Crippen LogP contribution >= 0.6 is 24.8 Å². The number of imidazole rings is 1. The van der Waals surface area contributed by atoms with Gasteiger partial charge in [0.15, 0.2) is 0 Å². The normalized spacial score (nSPS) is 11.2. The first-order valence-corrected chi connectivity index (χ1v) is 7.71. The first kappa shape index (κ1) is 23.2. The van der Waals surface area contributed by atoms with E-state index in [0.717, 1.165) is 11.6 Å². The van der Waals surface area contributed by atoms with Gasteiger partial charge >= 0.3 is 0 Å². The van der Waals surface area contributed by atoms with Crippen LogP contribution in [0.25, 0.3) is 0 Å². The molecule has 1 aromatic carbocycles. The molecular weight excluding hydrogens is 363 g/mol. The Morgan fingerprint density at radius 1 is 1.28 bits per heavy atom. The fraction of sp³-hybridized carbons (Fsp3) is 0.412. The number of aryl methyl sites for hydroxylation is 1. The molecule has 1 atom stereocenters. The molecule has 0 saturated carbocycles. The smallest absolute Gasteiger partial charge is 0.241 e. The molecule has 0 bridgehead atoms. The maximum atomic E-state index is 12.0. The molecule has 0 unspecified atom stereocenters. The lowest BCUT2D eigenvalue weighted by Crippen LogP contribution is -2.36. The minimum atomic E-state index is -0.491. The second kappa shape index (κ2) is 11.0. The molecule has 0 radical (unpaired) electrons. The van der Waals surface area contributed by atoms with Crippen LogP contribution in [0.3, 0.4) is 0 Å². The van der Waals surface area contributed by atoms with Gasteiger partial charge in [0.25, 0.3) is 0 Å². The van der Waals surface area contributed by atoms with Crippen LogP contribution in [0.15, 0.2) is 36.7 Å². The van der Waals surface area contributed by atoms with Crippen molar-refractivity contribution in [2.24, 2.45) is 18.7 Å². The fourth-order valence-corrected chi connectivity index (χ4v) is 2.17. The number of amides is 1. The van der Waals surface area contributed by atoms with Gasteiger partial charge < -0.3 is 20.4 Å². The number of nitrogens with zero attached hydrogens (tertiary/aromatic N) is 2. The average Bonchev–Trinajstić information content (AvgIpc) is 2.91. The quantitative estimate of drug-likeness (QED) is 0.762. The second-order valence-corrected chi connectivity index (χ2v) is 5.99. The number of benzene rings is 1. The molecule has 2 aromatic rings. The Hall–Kier alpha value is -1.76. The van der Waals surface area contributed by atoms with E-state index in [1.807, 2.05) is 43.8 Å². The highest BCUT2D eigenvalue weighted by Crippen LogP contribution is 2.17. The number of halogens is 2. The number of carbonyl (C=O) groups excluding carboxylic acids is 1. The van der Waals surface area contributed by atoms with E-state index in [4.69, 9.17) is 10.5 Å². The summed E-state index contributed by atoms with van der Waals surface area (Å²) in [6, 6.07) is 6.73. The SMILES string of the molecule is CC(C)C[C@H](N)C(=O)Nc1ccc(OCc2nccn2C)cc1.Cl.Cl. The summed E-state index contributed by atoms with van der Waals surface area (Å²) in [5.41, 5.74) is 6.57. The lowest BCUT2D eigenvalue weighted by molar-refractivity contribution is -0.117. The van der Waals surface area contributed by atoms with Gasteiger partial charge in [0.05, 0.1) is 6.04 Å². The minimum absolute atomic E-state index is 0. The Morgan fingerprint density at radius 2 is 1.92 bits per heavy atom. The summed E-state index contributed by atoms with van der Waals surface area (Å²) in [5.74, 6) is 1.79. The Bertz CT molecular complexity index is 644. The zero-order valence-corrected chi connectivity index (χ0v) is 16.3. The van der Waals surface area contributed by atoms with Gasteiger partial charge in [-0.25, -0.2) is 4.98 Å². The van der Waals surface area contributed by atoms with Crippen molar-refractivity contribution in [1.82, 2.24) is 9.55 Å². The van der Waals surface area contributed by atoms with Gasteiger partial charge in [0, 0.05) is 25.1 Å². The lowest BCUT2D eigenvalue weighted by Gasteiger charge is -2.14. The molecule has 140 valence electrons. The molecular formula is C17H26Cl2N4O2. The van der Waals surface area contributed by atoms with Gasteiger partial charge in [-0.05, 0) is 36.6 Å².